The molecule has 0 spiro atoms. The molecule has 0 aliphatic carbocycles. The molecule has 4 nitrogen and oxygen atoms in total. The standard InChI is InChI=1S/C15H22N2O2S/c1-4-13-10-20-14(16-13)12-5-7-17(8-6-12)15(18)19-9-11(2)3/h4,10-12H,1,5-9H2,2-3H3. The Balaban J connectivity index is 1.82. The van der Waals surface area contributed by atoms with E-state index in [-0.39, 0.29) is 6.09 Å². The van der Waals surface area contributed by atoms with Gasteiger partial charge < -0.3 is 9.64 Å². The number of hydrogen-bond acceptors (Lipinski definition) is 4. The smallest absolute Gasteiger partial charge is 0.409 e. The van der Waals surface area contributed by atoms with Gasteiger partial charge in [0.15, 0.2) is 0 Å². The third-order valence-electron chi connectivity index (χ3n) is 3.39. The summed E-state index contributed by atoms with van der Waals surface area (Å²) in [4.78, 5) is 18.2. The van der Waals surface area contributed by atoms with Gasteiger partial charge in [-0.05, 0) is 24.8 Å². The SMILES string of the molecule is C=Cc1csc(C2CCN(C(=O)OCC(C)C)CC2)n1. The summed E-state index contributed by atoms with van der Waals surface area (Å²) in [5.74, 6) is 0.840. The first-order valence-corrected chi connectivity index (χ1v) is 7.97. The van der Waals surface area contributed by atoms with Crippen LogP contribution in [-0.2, 0) is 4.74 Å². The highest BCUT2D eigenvalue weighted by Crippen LogP contribution is 2.30. The van der Waals surface area contributed by atoms with Gasteiger partial charge >= 0.3 is 6.09 Å². The lowest BCUT2D eigenvalue weighted by Gasteiger charge is -2.30. The van der Waals surface area contributed by atoms with E-state index in [1.807, 2.05) is 19.2 Å². The fraction of sp³-hybridized carbons (Fsp3) is 0.600. The summed E-state index contributed by atoms with van der Waals surface area (Å²) in [6.07, 6.45) is 3.52. The van der Waals surface area contributed by atoms with Crippen molar-refractivity contribution < 1.29 is 9.53 Å². The van der Waals surface area contributed by atoms with Crippen molar-refractivity contribution >= 4 is 23.5 Å². The van der Waals surface area contributed by atoms with Gasteiger partial charge in [-0.3, -0.25) is 0 Å². The van der Waals surface area contributed by atoms with E-state index in [0.29, 0.717) is 18.4 Å². The van der Waals surface area contributed by atoms with E-state index in [4.69, 9.17) is 4.74 Å². The lowest BCUT2D eigenvalue weighted by Crippen LogP contribution is -2.38. The number of carbonyl (C=O) groups excluding carboxylic acids is 1. The average Bonchev–Trinajstić information content (AvgIpc) is 2.94. The Bertz CT molecular complexity index is 462. The highest BCUT2D eigenvalue weighted by Gasteiger charge is 2.26. The maximum absolute atomic E-state index is 11.9. The van der Waals surface area contributed by atoms with Gasteiger partial charge in [0.1, 0.15) is 0 Å². The molecule has 1 aromatic rings. The fourth-order valence-electron chi connectivity index (χ4n) is 2.22. The first kappa shape index (κ1) is 15.0. The second-order valence-electron chi connectivity index (χ2n) is 5.55. The third kappa shape index (κ3) is 3.82. The number of aromatic nitrogens is 1. The summed E-state index contributed by atoms with van der Waals surface area (Å²) in [6.45, 7) is 9.82. The van der Waals surface area contributed by atoms with Crippen LogP contribution in [0.5, 0.6) is 0 Å². The van der Waals surface area contributed by atoms with Gasteiger partial charge in [-0.15, -0.1) is 11.3 Å². The van der Waals surface area contributed by atoms with Gasteiger partial charge in [0.25, 0.3) is 0 Å². The number of carbonyl (C=O) groups is 1. The maximum Gasteiger partial charge on any atom is 0.409 e. The van der Waals surface area contributed by atoms with Crippen molar-refractivity contribution in [2.45, 2.75) is 32.6 Å². The fourth-order valence-corrected chi connectivity index (χ4v) is 3.20. The summed E-state index contributed by atoms with van der Waals surface area (Å²) < 4.78 is 5.27. The van der Waals surface area contributed by atoms with Crippen molar-refractivity contribution in [3.63, 3.8) is 0 Å². The molecule has 20 heavy (non-hydrogen) atoms. The lowest BCUT2D eigenvalue weighted by molar-refractivity contribution is 0.0834. The van der Waals surface area contributed by atoms with Crippen molar-refractivity contribution in [3.05, 3.63) is 22.7 Å². The summed E-state index contributed by atoms with van der Waals surface area (Å²) >= 11 is 1.69. The lowest BCUT2D eigenvalue weighted by atomic mass is 9.98. The molecule has 0 atom stereocenters. The number of hydrogen-bond donors (Lipinski definition) is 0. The van der Waals surface area contributed by atoms with Crippen molar-refractivity contribution in [2.24, 2.45) is 5.92 Å². The number of nitrogens with zero attached hydrogens (tertiary/aromatic N) is 2. The van der Waals surface area contributed by atoms with Crippen LogP contribution in [0.4, 0.5) is 4.79 Å². The third-order valence-corrected chi connectivity index (χ3v) is 4.42. The predicted octanol–water partition coefficient (Wildman–Crippen LogP) is 3.76. The summed E-state index contributed by atoms with van der Waals surface area (Å²) in [5, 5.41) is 3.20. The van der Waals surface area contributed by atoms with Gasteiger partial charge in [-0.25, -0.2) is 9.78 Å². The molecular weight excluding hydrogens is 272 g/mol. The zero-order valence-electron chi connectivity index (χ0n) is 12.2. The Hall–Kier alpha value is -1.36. The molecule has 1 saturated heterocycles. The van der Waals surface area contributed by atoms with E-state index in [1.54, 1.807) is 22.3 Å². The first-order chi connectivity index (χ1) is 9.60. The van der Waals surface area contributed by atoms with E-state index < -0.39 is 0 Å². The Morgan fingerprint density at radius 1 is 1.60 bits per heavy atom. The molecule has 1 fully saturated rings. The molecule has 0 unspecified atom stereocenters. The minimum absolute atomic E-state index is 0.178. The number of ether oxygens (including phenoxy) is 1. The highest BCUT2D eigenvalue weighted by molar-refractivity contribution is 7.09. The van der Waals surface area contributed by atoms with Crippen LogP contribution in [0.1, 0.15) is 43.3 Å². The quantitative estimate of drug-likeness (QED) is 0.849. The zero-order chi connectivity index (χ0) is 14.5. The molecule has 0 N–H and O–H groups in total. The minimum Gasteiger partial charge on any atom is -0.449 e. The molecule has 2 heterocycles. The summed E-state index contributed by atoms with van der Waals surface area (Å²) in [5.41, 5.74) is 0.948. The van der Waals surface area contributed by atoms with Crippen LogP contribution >= 0.6 is 11.3 Å². The molecule has 1 amide bonds. The van der Waals surface area contributed by atoms with Crippen LogP contribution in [0, 0.1) is 5.92 Å². The second kappa shape index (κ2) is 6.88. The van der Waals surface area contributed by atoms with Gasteiger partial charge in [-0.1, -0.05) is 20.4 Å². The topological polar surface area (TPSA) is 42.4 Å². The molecule has 1 aromatic heterocycles. The molecule has 2 rings (SSSR count). The number of amides is 1. The summed E-state index contributed by atoms with van der Waals surface area (Å²) in [6, 6.07) is 0. The molecule has 1 aliphatic heterocycles. The van der Waals surface area contributed by atoms with E-state index in [9.17, 15) is 4.79 Å². The van der Waals surface area contributed by atoms with Crippen LogP contribution in [0.15, 0.2) is 12.0 Å². The van der Waals surface area contributed by atoms with Crippen molar-refractivity contribution in [1.29, 1.82) is 0 Å². The second-order valence-corrected chi connectivity index (χ2v) is 6.44. The van der Waals surface area contributed by atoms with E-state index >= 15 is 0 Å². The molecule has 0 saturated carbocycles. The minimum atomic E-state index is -0.178. The van der Waals surface area contributed by atoms with Crippen LogP contribution in [0.2, 0.25) is 0 Å². The van der Waals surface area contributed by atoms with E-state index in [2.05, 4.69) is 11.6 Å². The van der Waals surface area contributed by atoms with Gasteiger partial charge in [0.2, 0.25) is 0 Å². The molecule has 110 valence electrons. The van der Waals surface area contributed by atoms with Crippen LogP contribution in [-0.4, -0.2) is 35.7 Å². The number of likely N-dealkylation sites (tertiary alicyclic amines) is 1. The largest absolute Gasteiger partial charge is 0.449 e. The maximum atomic E-state index is 11.9. The molecule has 0 bridgehead atoms. The number of piperidine rings is 1. The van der Waals surface area contributed by atoms with Crippen LogP contribution in [0.3, 0.4) is 0 Å². The molecule has 0 aromatic carbocycles. The van der Waals surface area contributed by atoms with Gasteiger partial charge in [-0.2, -0.15) is 0 Å². The normalized spacial score (nSPS) is 16.4. The Morgan fingerprint density at radius 2 is 2.30 bits per heavy atom. The molecular formula is C15H22N2O2S. The van der Waals surface area contributed by atoms with Crippen LogP contribution in [0.25, 0.3) is 6.08 Å². The highest BCUT2D eigenvalue weighted by atomic mass is 32.1. The van der Waals surface area contributed by atoms with Crippen molar-refractivity contribution in [1.82, 2.24) is 9.88 Å². The van der Waals surface area contributed by atoms with Crippen molar-refractivity contribution in [2.75, 3.05) is 19.7 Å². The van der Waals surface area contributed by atoms with E-state index in [1.165, 1.54) is 0 Å². The zero-order valence-corrected chi connectivity index (χ0v) is 13.0. The molecule has 0 radical (unpaired) electrons. The average molecular weight is 294 g/mol. The number of thiazole rings is 1. The Labute approximate surface area is 124 Å². The first-order valence-electron chi connectivity index (χ1n) is 7.09. The Kier molecular flexibility index (Phi) is 5.17. The van der Waals surface area contributed by atoms with Crippen molar-refractivity contribution in [3.8, 4) is 0 Å². The number of rotatable bonds is 4. The predicted molar refractivity (Wildman–Crippen MR) is 81.9 cm³/mol. The monoisotopic (exact) mass is 294 g/mol. The van der Waals surface area contributed by atoms with Gasteiger partial charge in [0, 0.05) is 24.4 Å². The Morgan fingerprint density at radius 3 is 2.85 bits per heavy atom. The van der Waals surface area contributed by atoms with E-state index in [0.717, 1.165) is 36.6 Å². The van der Waals surface area contributed by atoms with Crippen LogP contribution < -0.4 is 0 Å². The molecule has 1 aliphatic rings. The van der Waals surface area contributed by atoms with Gasteiger partial charge in [0.05, 0.1) is 17.3 Å². The molecule has 5 heteroatoms. The summed E-state index contributed by atoms with van der Waals surface area (Å²) in [7, 11) is 0.